The Labute approximate surface area is 177 Å². The first-order valence-corrected chi connectivity index (χ1v) is 9.38. The number of alkyl halides is 3. The van der Waals surface area contributed by atoms with Gasteiger partial charge in [0.2, 0.25) is 0 Å². The Balaban J connectivity index is 1.71. The van der Waals surface area contributed by atoms with Crippen LogP contribution < -0.4 is 10.3 Å². The number of ketones is 1. The fourth-order valence-electron chi connectivity index (χ4n) is 3.56. The Morgan fingerprint density at radius 1 is 1.09 bits per heavy atom. The molecule has 1 amide bonds. The summed E-state index contributed by atoms with van der Waals surface area (Å²) < 4.78 is 42.1. The standard InChI is InChI=1S/C20H15F3N4O5/c21-20(22,23)32-13-4-1-11(2-5-13)12-3-6-15-14(9-12)18(29)24-25-27(15)16-10-26(19(30)31)8-7-17(16)28/h1-6,9,16H,7-8,10H2,(H,30,31). The number of rotatable bonds is 3. The Morgan fingerprint density at radius 3 is 2.44 bits per heavy atom. The maximum absolute atomic E-state index is 12.4. The van der Waals surface area contributed by atoms with E-state index in [4.69, 9.17) is 0 Å². The van der Waals surface area contributed by atoms with Crippen molar-refractivity contribution in [3.05, 3.63) is 52.8 Å². The van der Waals surface area contributed by atoms with Gasteiger partial charge in [0.25, 0.3) is 5.56 Å². The van der Waals surface area contributed by atoms with Gasteiger partial charge in [-0.05, 0) is 35.4 Å². The molecule has 0 bridgehead atoms. The lowest BCUT2D eigenvalue weighted by atomic mass is 10.0. The van der Waals surface area contributed by atoms with E-state index in [0.29, 0.717) is 11.1 Å². The van der Waals surface area contributed by atoms with Gasteiger partial charge in [-0.25, -0.2) is 9.48 Å². The second kappa shape index (κ2) is 7.94. The molecule has 4 rings (SSSR count). The number of Topliss-reactive ketones (excluding diaryl/α,β-unsaturated/α-hetero) is 1. The van der Waals surface area contributed by atoms with Crippen LogP contribution in [0.5, 0.6) is 5.75 Å². The molecule has 3 aromatic rings. The van der Waals surface area contributed by atoms with E-state index in [1.54, 1.807) is 6.07 Å². The summed E-state index contributed by atoms with van der Waals surface area (Å²) in [6.07, 6.45) is -5.96. The van der Waals surface area contributed by atoms with E-state index in [1.165, 1.54) is 28.9 Å². The minimum Gasteiger partial charge on any atom is -0.465 e. The Bertz CT molecular complexity index is 1260. The van der Waals surface area contributed by atoms with Gasteiger partial charge in [-0.1, -0.05) is 28.5 Å². The molecule has 12 heteroatoms. The first kappa shape index (κ1) is 21.3. The number of ether oxygens (including phenoxy) is 1. The van der Waals surface area contributed by atoms with Gasteiger partial charge in [-0.2, -0.15) is 0 Å². The summed E-state index contributed by atoms with van der Waals surface area (Å²) in [4.78, 5) is 37.2. The van der Waals surface area contributed by atoms with Crippen molar-refractivity contribution in [1.82, 2.24) is 19.9 Å². The second-order valence-corrected chi connectivity index (χ2v) is 7.10. The van der Waals surface area contributed by atoms with E-state index < -0.39 is 24.1 Å². The first-order valence-electron chi connectivity index (χ1n) is 9.38. The SMILES string of the molecule is O=C1CCN(C(=O)O)CC1n1nnc(=O)c2cc(-c3ccc(OC(F)(F)F)cc3)ccc21. The van der Waals surface area contributed by atoms with Gasteiger partial charge in [0.15, 0.2) is 5.78 Å². The largest absolute Gasteiger partial charge is 0.573 e. The highest BCUT2D eigenvalue weighted by atomic mass is 19.4. The number of hydrogen-bond acceptors (Lipinski definition) is 6. The molecule has 1 aliphatic heterocycles. The third kappa shape index (κ3) is 4.24. The van der Waals surface area contributed by atoms with Gasteiger partial charge in [0.05, 0.1) is 17.4 Å². The van der Waals surface area contributed by atoms with E-state index in [1.807, 2.05) is 0 Å². The number of nitrogens with zero attached hydrogens (tertiary/aromatic N) is 4. The molecule has 0 saturated carbocycles. The molecule has 0 aliphatic carbocycles. The fraction of sp³-hybridized carbons (Fsp3) is 0.250. The summed E-state index contributed by atoms with van der Waals surface area (Å²) in [5, 5.41) is 16.8. The Hall–Kier alpha value is -3.96. The lowest BCUT2D eigenvalue weighted by Gasteiger charge is -2.30. The maximum Gasteiger partial charge on any atom is 0.573 e. The van der Waals surface area contributed by atoms with E-state index >= 15 is 0 Å². The smallest absolute Gasteiger partial charge is 0.465 e. The van der Waals surface area contributed by atoms with Gasteiger partial charge in [0, 0.05) is 13.0 Å². The monoisotopic (exact) mass is 448 g/mol. The van der Waals surface area contributed by atoms with Crippen molar-refractivity contribution in [2.24, 2.45) is 0 Å². The molecule has 32 heavy (non-hydrogen) atoms. The summed E-state index contributed by atoms with van der Waals surface area (Å²) in [6.45, 7) is -0.0440. The zero-order valence-corrected chi connectivity index (χ0v) is 16.2. The molecule has 1 atom stereocenters. The maximum atomic E-state index is 12.4. The summed E-state index contributed by atoms with van der Waals surface area (Å²) >= 11 is 0. The lowest BCUT2D eigenvalue weighted by molar-refractivity contribution is -0.274. The van der Waals surface area contributed by atoms with E-state index in [9.17, 15) is 32.7 Å². The number of aromatic nitrogens is 3. The van der Waals surface area contributed by atoms with Crippen LogP contribution >= 0.6 is 0 Å². The summed E-state index contributed by atoms with van der Waals surface area (Å²) in [7, 11) is 0. The quantitative estimate of drug-likeness (QED) is 0.655. The number of halogens is 3. The zero-order chi connectivity index (χ0) is 23.0. The lowest BCUT2D eigenvalue weighted by Crippen LogP contribution is -2.45. The molecule has 1 saturated heterocycles. The van der Waals surface area contributed by atoms with Gasteiger partial charge >= 0.3 is 12.5 Å². The number of likely N-dealkylation sites (tertiary alicyclic amines) is 1. The van der Waals surface area contributed by atoms with Crippen molar-refractivity contribution in [1.29, 1.82) is 0 Å². The molecule has 0 radical (unpaired) electrons. The highest BCUT2D eigenvalue weighted by molar-refractivity contribution is 5.89. The number of piperidine rings is 1. The predicted molar refractivity (Wildman–Crippen MR) is 104 cm³/mol. The molecule has 166 valence electrons. The highest BCUT2D eigenvalue weighted by Gasteiger charge is 2.33. The number of benzene rings is 2. The van der Waals surface area contributed by atoms with Crippen LogP contribution in [-0.2, 0) is 4.79 Å². The van der Waals surface area contributed by atoms with Crippen LogP contribution in [0, 0.1) is 0 Å². The molecule has 1 unspecified atom stereocenters. The second-order valence-electron chi connectivity index (χ2n) is 7.10. The average molecular weight is 448 g/mol. The van der Waals surface area contributed by atoms with Gasteiger partial charge < -0.3 is 14.7 Å². The van der Waals surface area contributed by atoms with Crippen molar-refractivity contribution >= 4 is 22.8 Å². The van der Waals surface area contributed by atoms with Crippen LogP contribution in [0.25, 0.3) is 22.0 Å². The summed E-state index contributed by atoms with van der Waals surface area (Å²) in [5.74, 6) is -0.611. The first-order chi connectivity index (χ1) is 15.1. The fourth-order valence-corrected chi connectivity index (χ4v) is 3.56. The third-order valence-corrected chi connectivity index (χ3v) is 5.09. The molecule has 1 N–H and O–H groups in total. The van der Waals surface area contributed by atoms with E-state index in [2.05, 4.69) is 15.0 Å². The van der Waals surface area contributed by atoms with Gasteiger partial charge in [-0.3, -0.25) is 9.59 Å². The minimum atomic E-state index is -4.80. The number of fused-ring (bicyclic) bond motifs is 1. The normalized spacial score (nSPS) is 16.9. The van der Waals surface area contributed by atoms with Crippen LogP contribution in [-0.4, -0.2) is 56.3 Å². The van der Waals surface area contributed by atoms with Crippen molar-refractivity contribution in [3.63, 3.8) is 0 Å². The van der Waals surface area contributed by atoms with Crippen LogP contribution in [0.4, 0.5) is 18.0 Å². The van der Waals surface area contributed by atoms with Gasteiger partial charge in [0.1, 0.15) is 11.8 Å². The molecule has 2 aromatic carbocycles. The van der Waals surface area contributed by atoms with Crippen molar-refractivity contribution in [2.45, 2.75) is 18.8 Å². The Morgan fingerprint density at radius 2 is 1.78 bits per heavy atom. The molecule has 1 fully saturated rings. The van der Waals surface area contributed by atoms with Crippen LogP contribution in [0.15, 0.2) is 47.3 Å². The molecule has 2 heterocycles. The topological polar surface area (TPSA) is 115 Å². The molecule has 9 nitrogen and oxygen atoms in total. The van der Waals surface area contributed by atoms with Crippen molar-refractivity contribution < 1.29 is 32.6 Å². The molecular weight excluding hydrogens is 433 g/mol. The van der Waals surface area contributed by atoms with Crippen LogP contribution in [0.2, 0.25) is 0 Å². The van der Waals surface area contributed by atoms with E-state index in [0.717, 1.165) is 17.0 Å². The van der Waals surface area contributed by atoms with Crippen LogP contribution in [0.3, 0.4) is 0 Å². The predicted octanol–water partition coefficient (Wildman–Crippen LogP) is 2.85. The molecule has 0 spiro atoms. The third-order valence-electron chi connectivity index (χ3n) is 5.09. The Kier molecular flexibility index (Phi) is 5.28. The number of carbonyl (C=O) groups is 2. The minimum absolute atomic E-state index is 0.0106. The van der Waals surface area contributed by atoms with E-state index in [-0.39, 0.29) is 41.9 Å². The molecular formula is C20H15F3N4O5. The molecule has 1 aromatic heterocycles. The van der Waals surface area contributed by atoms with Crippen molar-refractivity contribution in [2.75, 3.05) is 13.1 Å². The van der Waals surface area contributed by atoms with Gasteiger partial charge in [-0.15, -0.1) is 13.2 Å². The highest BCUT2D eigenvalue weighted by Crippen LogP contribution is 2.28. The number of carboxylic acid groups (broad SMARTS) is 1. The summed E-state index contributed by atoms with van der Waals surface area (Å²) in [6, 6.07) is 8.82. The number of hydrogen-bond donors (Lipinski definition) is 1. The number of carbonyl (C=O) groups excluding carboxylic acids is 1. The number of amides is 1. The zero-order valence-electron chi connectivity index (χ0n) is 16.2. The van der Waals surface area contributed by atoms with Crippen molar-refractivity contribution in [3.8, 4) is 16.9 Å². The molecule has 1 aliphatic rings. The van der Waals surface area contributed by atoms with Crippen LogP contribution in [0.1, 0.15) is 12.5 Å². The summed E-state index contributed by atoms with van der Waals surface area (Å²) in [5.41, 5.74) is 0.676. The average Bonchev–Trinajstić information content (AvgIpc) is 2.74.